The third-order valence-corrected chi connectivity index (χ3v) is 3.06. The van der Waals surface area contributed by atoms with Gasteiger partial charge < -0.3 is 9.64 Å². The summed E-state index contributed by atoms with van der Waals surface area (Å²) >= 11 is 0. The van der Waals surface area contributed by atoms with Gasteiger partial charge in [-0.1, -0.05) is 0 Å². The van der Waals surface area contributed by atoms with Crippen molar-refractivity contribution in [2.45, 2.75) is 19.9 Å². The molecule has 0 aromatic carbocycles. The van der Waals surface area contributed by atoms with E-state index in [4.69, 9.17) is 4.74 Å². The number of amides is 1. The predicted molar refractivity (Wildman–Crippen MR) is 65.8 cm³/mol. The fraction of sp³-hybridized carbons (Fsp3) is 0.583. The number of hydrogen-bond acceptors (Lipinski definition) is 4. The summed E-state index contributed by atoms with van der Waals surface area (Å²) in [5.74, 6) is -0.736. The zero-order chi connectivity index (χ0) is 14.0. The zero-order valence-corrected chi connectivity index (χ0v) is 11.3. The van der Waals surface area contributed by atoms with Gasteiger partial charge >= 0.3 is 0 Å². The van der Waals surface area contributed by atoms with E-state index in [2.05, 4.69) is 10.1 Å². The Balaban J connectivity index is 2.29. The van der Waals surface area contributed by atoms with Crippen LogP contribution in [0.15, 0.2) is 17.7 Å². The van der Waals surface area contributed by atoms with Gasteiger partial charge in [-0.25, -0.2) is 9.37 Å². The van der Waals surface area contributed by atoms with Crippen LogP contribution in [0.4, 0.5) is 4.39 Å². The first-order chi connectivity index (χ1) is 9.02. The molecule has 0 radical (unpaired) electrons. The van der Waals surface area contributed by atoms with Crippen LogP contribution in [0.5, 0.6) is 0 Å². The highest BCUT2D eigenvalue weighted by Crippen LogP contribution is 2.24. The molecule has 0 saturated carbocycles. The van der Waals surface area contributed by atoms with Crippen molar-refractivity contribution < 1.29 is 13.9 Å². The van der Waals surface area contributed by atoms with E-state index in [-0.39, 0.29) is 0 Å². The topological polar surface area (TPSA) is 60.3 Å². The largest absolute Gasteiger partial charge is 0.377 e. The van der Waals surface area contributed by atoms with Gasteiger partial charge in [-0.15, -0.1) is 0 Å². The molecule has 1 saturated heterocycles. The van der Waals surface area contributed by atoms with Crippen molar-refractivity contribution in [3.8, 4) is 0 Å². The van der Waals surface area contributed by atoms with Gasteiger partial charge in [0.2, 0.25) is 0 Å². The number of carbonyl (C=O) groups excluding carboxylic acids is 1. The van der Waals surface area contributed by atoms with Gasteiger partial charge in [0, 0.05) is 13.6 Å². The van der Waals surface area contributed by atoms with Crippen molar-refractivity contribution in [3.63, 3.8) is 0 Å². The Morgan fingerprint density at radius 2 is 2.26 bits per heavy atom. The molecule has 1 unspecified atom stereocenters. The summed E-state index contributed by atoms with van der Waals surface area (Å²) in [6.45, 7) is 4.19. The first-order valence-corrected chi connectivity index (χ1v) is 6.08. The van der Waals surface area contributed by atoms with Crippen LogP contribution in [-0.2, 0) is 16.6 Å². The molecule has 1 fully saturated rings. The van der Waals surface area contributed by atoms with E-state index >= 15 is 0 Å². The van der Waals surface area contributed by atoms with Crippen molar-refractivity contribution in [2.75, 3.05) is 19.8 Å². The molecule has 1 aromatic rings. The molecule has 1 aromatic heterocycles. The monoisotopic (exact) mass is 268 g/mol. The minimum Gasteiger partial charge on any atom is -0.377 e. The van der Waals surface area contributed by atoms with Crippen molar-refractivity contribution in [1.29, 1.82) is 0 Å². The molecule has 0 bridgehead atoms. The zero-order valence-electron chi connectivity index (χ0n) is 11.3. The Kier molecular flexibility index (Phi) is 3.94. The fourth-order valence-electron chi connectivity index (χ4n) is 2.01. The maximum absolute atomic E-state index is 13.8. The maximum atomic E-state index is 13.8. The Morgan fingerprint density at radius 1 is 1.53 bits per heavy atom. The molecule has 2 rings (SSSR count). The number of carbonyl (C=O) groups is 1. The van der Waals surface area contributed by atoms with Gasteiger partial charge in [-0.05, 0) is 19.4 Å². The molecule has 104 valence electrons. The molecule has 1 aliphatic heterocycles. The minimum atomic E-state index is -0.714. The minimum absolute atomic E-state index is 0.300. The number of halogens is 1. The quantitative estimate of drug-likeness (QED) is 0.750. The third kappa shape index (κ3) is 2.65. The summed E-state index contributed by atoms with van der Waals surface area (Å²) < 4.78 is 20.8. The molecule has 0 aliphatic carbocycles. The van der Waals surface area contributed by atoms with E-state index in [1.807, 2.05) is 0 Å². The summed E-state index contributed by atoms with van der Waals surface area (Å²) in [6, 6.07) is -0.404. The summed E-state index contributed by atoms with van der Waals surface area (Å²) in [5.41, 5.74) is 0.369. The number of aryl methyl sites for hydroxylation is 1. The smallest absolute Gasteiger partial charge is 0.283 e. The molecule has 1 amide bonds. The Bertz CT molecular complexity index is 508. The van der Waals surface area contributed by atoms with Gasteiger partial charge in [0.15, 0.2) is 11.7 Å². The van der Waals surface area contributed by atoms with Gasteiger partial charge in [-0.2, -0.15) is 5.10 Å². The Labute approximate surface area is 110 Å². The van der Waals surface area contributed by atoms with Gasteiger partial charge in [0.1, 0.15) is 12.4 Å². The van der Waals surface area contributed by atoms with E-state index in [1.54, 1.807) is 25.6 Å². The van der Waals surface area contributed by atoms with E-state index in [0.29, 0.717) is 31.2 Å². The third-order valence-electron chi connectivity index (χ3n) is 3.06. The van der Waals surface area contributed by atoms with E-state index in [9.17, 15) is 9.18 Å². The molecule has 1 aliphatic rings. The molecule has 0 spiro atoms. The highest BCUT2D eigenvalue weighted by atomic mass is 19.1. The predicted octanol–water partition coefficient (Wildman–Crippen LogP) is 0.978. The second-order valence-corrected chi connectivity index (χ2v) is 4.65. The maximum Gasteiger partial charge on any atom is 0.283 e. The van der Waals surface area contributed by atoms with Crippen LogP contribution in [0.25, 0.3) is 0 Å². The second kappa shape index (κ2) is 5.48. The molecular formula is C12H17FN4O2. The lowest BCUT2D eigenvalue weighted by Gasteiger charge is -2.34. The van der Waals surface area contributed by atoms with Crippen LogP contribution in [0.1, 0.15) is 25.7 Å². The highest BCUT2D eigenvalue weighted by Gasteiger charge is 2.33. The normalized spacial score (nSPS) is 19.4. The van der Waals surface area contributed by atoms with Crippen molar-refractivity contribution in [2.24, 2.45) is 7.05 Å². The van der Waals surface area contributed by atoms with Crippen LogP contribution >= 0.6 is 0 Å². The summed E-state index contributed by atoms with van der Waals surface area (Å²) in [4.78, 5) is 17.7. The van der Waals surface area contributed by atoms with E-state index in [0.717, 1.165) is 0 Å². The fourth-order valence-corrected chi connectivity index (χ4v) is 2.01. The number of nitrogens with zero attached hydrogens (tertiary/aromatic N) is 4. The molecule has 0 N–H and O–H groups in total. The van der Waals surface area contributed by atoms with Crippen LogP contribution in [0.3, 0.4) is 0 Å². The van der Waals surface area contributed by atoms with E-state index in [1.165, 1.54) is 11.2 Å². The highest BCUT2D eigenvalue weighted by molar-refractivity contribution is 5.92. The average Bonchev–Trinajstić information content (AvgIpc) is 2.83. The average molecular weight is 268 g/mol. The first kappa shape index (κ1) is 13.7. The Hall–Kier alpha value is -1.76. The number of aromatic nitrogens is 3. The van der Waals surface area contributed by atoms with Gasteiger partial charge in [0.25, 0.3) is 5.91 Å². The van der Waals surface area contributed by atoms with Crippen molar-refractivity contribution in [1.82, 2.24) is 19.7 Å². The van der Waals surface area contributed by atoms with Crippen LogP contribution in [0, 0.1) is 0 Å². The molecule has 19 heavy (non-hydrogen) atoms. The van der Waals surface area contributed by atoms with Gasteiger partial charge in [-0.3, -0.25) is 9.48 Å². The van der Waals surface area contributed by atoms with E-state index < -0.39 is 17.8 Å². The molecular weight excluding hydrogens is 251 g/mol. The van der Waals surface area contributed by atoms with Crippen LogP contribution in [-0.4, -0.2) is 45.3 Å². The van der Waals surface area contributed by atoms with Crippen LogP contribution in [0.2, 0.25) is 0 Å². The molecule has 2 heterocycles. The summed E-state index contributed by atoms with van der Waals surface area (Å²) in [6.07, 6.45) is 1.41. The number of allylic oxidation sites excluding steroid dienone is 1. The van der Waals surface area contributed by atoms with Crippen LogP contribution < -0.4 is 0 Å². The van der Waals surface area contributed by atoms with Crippen molar-refractivity contribution in [3.05, 3.63) is 23.6 Å². The number of ether oxygens (including phenoxy) is 1. The lowest BCUT2D eigenvalue weighted by atomic mass is 10.2. The lowest BCUT2D eigenvalue weighted by molar-refractivity contribution is -0.138. The summed E-state index contributed by atoms with van der Waals surface area (Å²) in [7, 11) is 1.73. The van der Waals surface area contributed by atoms with Gasteiger partial charge in [0.05, 0.1) is 13.2 Å². The number of rotatable bonds is 2. The lowest BCUT2D eigenvalue weighted by Crippen LogP contribution is -2.44. The number of morpholine rings is 1. The molecule has 7 heteroatoms. The second-order valence-electron chi connectivity index (χ2n) is 4.65. The van der Waals surface area contributed by atoms with Crippen molar-refractivity contribution >= 4 is 5.91 Å². The SMILES string of the molecule is CC(C)=C(F)C(=O)N1CCOCC1c1ncnn1C. The first-order valence-electron chi connectivity index (χ1n) is 6.08. The standard InChI is InChI=1S/C12H17FN4O2/c1-8(2)10(13)12(18)17-4-5-19-6-9(17)11-14-7-15-16(11)3/h7,9H,4-6H2,1-3H3. The molecule has 1 atom stereocenters. The Morgan fingerprint density at radius 3 is 2.84 bits per heavy atom. The summed E-state index contributed by atoms with van der Waals surface area (Å²) in [5, 5.41) is 3.97. The molecule has 6 nitrogen and oxygen atoms in total. The number of hydrogen-bond donors (Lipinski definition) is 0.